The Morgan fingerprint density at radius 1 is 1.15 bits per heavy atom. The van der Waals surface area contributed by atoms with Gasteiger partial charge in [-0.1, -0.05) is 29.3 Å². The fraction of sp³-hybridized carbons (Fsp3) is 0.133. The van der Waals surface area contributed by atoms with Crippen molar-refractivity contribution in [2.45, 2.75) is 16.7 Å². The van der Waals surface area contributed by atoms with Crippen LogP contribution < -0.4 is 4.90 Å². The van der Waals surface area contributed by atoms with Gasteiger partial charge in [0.05, 0.1) is 5.69 Å². The zero-order valence-corrected chi connectivity index (χ0v) is 12.7. The number of aryl methyl sites for hydroxylation is 1. The first kappa shape index (κ1) is 13.3. The monoisotopic (exact) mass is 304 g/mol. The number of fused-ring (bicyclic) bond motifs is 1. The van der Waals surface area contributed by atoms with Gasteiger partial charge in [0.1, 0.15) is 0 Å². The molecule has 20 heavy (non-hydrogen) atoms. The van der Waals surface area contributed by atoms with Crippen LogP contribution in [0.2, 0.25) is 5.02 Å². The number of carbonyl (C=O) groups excluding carboxylic acids is 1. The second-order valence-corrected chi connectivity index (χ2v) is 6.74. The van der Waals surface area contributed by atoms with Crippen LogP contribution in [-0.2, 0) is 10.7 Å². The summed E-state index contributed by atoms with van der Waals surface area (Å²) in [7, 11) is 1.13. The molecule has 2 aromatic rings. The average molecular weight is 305 g/mol. The van der Waals surface area contributed by atoms with E-state index in [-0.39, 0.29) is 6.03 Å². The molecule has 0 saturated heterocycles. The Kier molecular flexibility index (Phi) is 3.36. The first-order valence-corrected chi connectivity index (χ1v) is 7.72. The summed E-state index contributed by atoms with van der Waals surface area (Å²) in [6.07, 6.45) is 0. The Hall–Kier alpha value is -1.65. The zero-order valence-electron chi connectivity index (χ0n) is 11.1. The third-order valence-corrected chi connectivity index (χ3v) is 5.23. The summed E-state index contributed by atoms with van der Waals surface area (Å²) >= 11 is 6.10. The molecule has 3 nitrogen and oxygen atoms in total. The number of anilines is 1. The van der Waals surface area contributed by atoms with Crippen LogP contribution in [-0.4, -0.2) is 13.1 Å². The molecule has 102 valence electrons. The van der Waals surface area contributed by atoms with Crippen LogP contribution in [0.15, 0.2) is 56.6 Å². The van der Waals surface area contributed by atoms with E-state index in [9.17, 15) is 4.79 Å². The van der Waals surface area contributed by atoms with Crippen LogP contribution >= 0.6 is 11.6 Å². The molecule has 1 unspecified atom stereocenters. The molecule has 0 radical (unpaired) electrons. The van der Waals surface area contributed by atoms with Gasteiger partial charge in [-0.25, -0.2) is 4.79 Å². The minimum atomic E-state index is -0.603. The van der Waals surface area contributed by atoms with Crippen molar-refractivity contribution >= 4 is 34.0 Å². The topological polar surface area (TPSA) is 32.7 Å². The van der Waals surface area contributed by atoms with Gasteiger partial charge in [-0.3, -0.25) is 4.90 Å². The standard InChI is InChI=1S/C15H13ClN2OS/c1-10-3-6-12(7-4-10)20-14-9-11(16)5-8-13(14)18(2)15(19)17-20/h3-9H,1-2H3. The quantitative estimate of drug-likeness (QED) is 0.766. The second kappa shape index (κ2) is 5.04. The highest BCUT2D eigenvalue weighted by Gasteiger charge is 2.24. The van der Waals surface area contributed by atoms with Gasteiger partial charge in [-0.15, -0.1) is 0 Å². The maximum atomic E-state index is 12.0. The first-order valence-electron chi connectivity index (χ1n) is 6.16. The summed E-state index contributed by atoms with van der Waals surface area (Å²) < 4.78 is 4.30. The molecule has 0 fully saturated rings. The van der Waals surface area contributed by atoms with Gasteiger partial charge in [0.2, 0.25) is 0 Å². The molecule has 1 aliphatic heterocycles. The summed E-state index contributed by atoms with van der Waals surface area (Å²) in [5, 5.41) is 0.659. The van der Waals surface area contributed by atoms with E-state index in [2.05, 4.69) is 4.36 Å². The number of benzene rings is 2. The number of nitrogens with zero attached hydrogens (tertiary/aromatic N) is 2. The fourth-order valence-electron chi connectivity index (χ4n) is 2.06. The molecular formula is C15H13ClN2OS. The smallest absolute Gasteiger partial charge is 0.294 e. The fourth-order valence-corrected chi connectivity index (χ4v) is 4.07. The van der Waals surface area contributed by atoms with E-state index >= 15 is 0 Å². The van der Waals surface area contributed by atoms with Gasteiger partial charge < -0.3 is 0 Å². The molecule has 0 bridgehead atoms. The SMILES string of the molecule is Cc1ccc(S2=NC(=O)N(C)c3ccc(Cl)cc32)cc1. The molecule has 5 heteroatoms. The molecule has 2 amide bonds. The predicted octanol–water partition coefficient (Wildman–Crippen LogP) is 4.44. The lowest BCUT2D eigenvalue weighted by molar-refractivity contribution is 0.255. The molecule has 0 aromatic heterocycles. The van der Waals surface area contributed by atoms with Crippen LogP contribution in [0.3, 0.4) is 0 Å². The van der Waals surface area contributed by atoms with E-state index in [0.717, 1.165) is 15.5 Å². The van der Waals surface area contributed by atoms with Gasteiger partial charge in [-0.05, 0) is 47.9 Å². The van der Waals surface area contributed by atoms with E-state index in [4.69, 9.17) is 11.6 Å². The molecule has 0 saturated carbocycles. The summed E-state index contributed by atoms with van der Waals surface area (Å²) in [6.45, 7) is 2.04. The van der Waals surface area contributed by atoms with Crippen molar-refractivity contribution in [1.29, 1.82) is 0 Å². The van der Waals surface area contributed by atoms with E-state index in [1.807, 2.05) is 43.3 Å². The number of amides is 2. The van der Waals surface area contributed by atoms with E-state index < -0.39 is 10.7 Å². The van der Waals surface area contributed by atoms with Crippen molar-refractivity contribution in [3.8, 4) is 0 Å². The Bertz CT molecular complexity index is 725. The zero-order chi connectivity index (χ0) is 14.3. The molecule has 1 aliphatic rings. The lowest BCUT2D eigenvalue weighted by Gasteiger charge is -2.25. The lowest BCUT2D eigenvalue weighted by Crippen LogP contribution is -2.28. The third-order valence-electron chi connectivity index (χ3n) is 3.19. The summed E-state index contributed by atoms with van der Waals surface area (Å²) in [4.78, 5) is 15.6. The van der Waals surface area contributed by atoms with Crippen molar-refractivity contribution in [3.05, 3.63) is 53.1 Å². The predicted molar refractivity (Wildman–Crippen MR) is 82.8 cm³/mol. The van der Waals surface area contributed by atoms with Crippen molar-refractivity contribution in [2.75, 3.05) is 11.9 Å². The second-order valence-electron chi connectivity index (χ2n) is 4.64. The van der Waals surface area contributed by atoms with Crippen LogP contribution in [0.4, 0.5) is 10.5 Å². The number of rotatable bonds is 1. The highest BCUT2D eigenvalue weighted by Crippen LogP contribution is 2.34. The molecule has 0 spiro atoms. The lowest BCUT2D eigenvalue weighted by atomic mass is 10.2. The average Bonchev–Trinajstić information content (AvgIpc) is 2.44. The van der Waals surface area contributed by atoms with Crippen LogP contribution in [0.25, 0.3) is 0 Å². The van der Waals surface area contributed by atoms with Crippen LogP contribution in [0, 0.1) is 6.92 Å². The Balaban J connectivity index is 2.20. The van der Waals surface area contributed by atoms with E-state index in [1.54, 1.807) is 18.0 Å². The molecule has 1 heterocycles. The summed E-state index contributed by atoms with van der Waals surface area (Å²) in [6, 6.07) is 13.5. The molecular weight excluding hydrogens is 292 g/mol. The molecule has 0 aliphatic carbocycles. The first-order chi connectivity index (χ1) is 9.56. The maximum absolute atomic E-state index is 12.0. The van der Waals surface area contributed by atoms with Gasteiger partial charge in [-0.2, -0.15) is 4.36 Å². The largest absolute Gasteiger partial charge is 0.354 e. The van der Waals surface area contributed by atoms with E-state index in [0.29, 0.717) is 5.02 Å². The van der Waals surface area contributed by atoms with Crippen molar-refractivity contribution in [2.24, 2.45) is 4.36 Å². The number of urea groups is 1. The van der Waals surface area contributed by atoms with Crippen LogP contribution in [0.5, 0.6) is 0 Å². The molecule has 1 atom stereocenters. The van der Waals surface area contributed by atoms with Crippen molar-refractivity contribution in [1.82, 2.24) is 0 Å². The minimum absolute atomic E-state index is 0.219. The molecule has 3 rings (SSSR count). The third kappa shape index (κ3) is 2.25. The highest BCUT2D eigenvalue weighted by atomic mass is 35.5. The summed E-state index contributed by atoms with van der Waals surface area (Å²) in [5.41, 5.74) is 2.06. The van der Waals surface area contributed by atoms with Gasteiger partial charge in [0, 0.05) is 21.9 Å². The highest BCUT2D eigenvalue weighted by molar-refractivity contribution is 7.88. The normalized spacial score (nSPS) is 17.6. The number of carbonyl (C=O) groups is 1. The van der Waals surface area contributed by atoms with Crippen molar-refractivity contribution in [3.63, 3.8) is 0 Å². The van der Waals surface area contributed by atoms with Crippen LogP contribution in [0.1, 0.15) is 5.56 Å². The molecule has 0 N–H and O–H groups in total. The van der Waals surface area contributed by atoms with Gasteiger partial charge in [0.25, 0.3) is 0 Å². The number of hydrogen-bond donors (Lipinski definition) is 0. The minimum Gasteiger partial charge on any atom is -0.294 e. The Labute approximate surface area is 125 Å². The Morgan fingerprint density at radius 3 is 2.55 bits per heavy atom. The number of halogens is 1. The Morgan fingerprint density at radius 2 is 1.85 bits per heavy atom. The van der Waals surface area contributed by atoms with Crippen molar-refractivity contribution < 1.29 is 4.79 Å². The van der Waals surface area contributed by atoms with E-state index in [1.165, 1.54) is 5.56 Å². The summed E-state index contributed by atoms with van der Waals surface area (Å²) in [5.74, 6) is 0. The van der Waals surface area contributed by atoms with Gasteiger partial charge in [0.15, 0.2) is 0 Å². The number of hydrogen-bond acceptors (Lipinski definition) is 1. The van der Waals surface area contributed by atoms with Gasteiger partial charge >= 0.3 is 6.03 Å². The maximum Gasteiger partial charge on any atom is 0.354 e. The molecule has 2 aromatic carbocycles.